The number of halogens is 1. The van der Waals surface area contributed by atoms with Gasteiger partial charge in [0.1, 0.15) is 5.75 Å². The van der Waals surface area contributed by atoms with Crippen molar-refractivity contribution >= 4 is 35.0 Å². The molecular formula is C21H21ClN4O2S. The molecule has 3 rings (SSSR count). The molecular weight excluding hydrogens is 408 g/mol. The number of allylic oxidation sites excluding steroid dienone is 1. The Kier molecular flexibility index (Phi) is 7.32. The number of anilines is 1. The van der Waals surface area contributed by atoms with Gasteiger partial charge in [-0.3, -0.25) is 9.36 Å². The maximum atomic E-state index is 12.3. The van der Waals surface area contributed by atoms with Gasteiger partial charge in [-0.2, -0.15) is 0 Å². The molecule has 1 amide bonds. The lowest BCUT2D eigenvalue weighted by atomic mass is 10.3. The lowest BCUT2D eigenvalue weighted by molar-refractivity contribution is -0.113. The van der Waals surface area contributed by atoms with Crippen molar-refractivity contribution in [2.24, 2.45) is 0 Å². The van der Waals surface area contributed by atoms with Gasteiger partial charge in [0.15, 0.2) is 17.1 Å². The van der Waals surface area contributed by atoms with Crippen LogP contribution in [-0.2, 0) is 11.3 Å². The van der Waals surface area contributed by atoms with Gasteiger partial charge in [0.05, 0.1) is 5.75 Å². The van der Waals surface area contributed by atoms with Crippen molar-refractivity contribution < 1.29 is 9.53 Å². The van der Waals surface area contributed by atoms with Crippen LogP contribution in [0.1, 0.15) is 18.9 Å². The second-order valence-electron chi connectivity index (χ2n) is 6.16. The molecule has 0 saturated heterocycles. The number of aromatic nitrogens is 3. The van der Waals surface area contributed by atoms with Crippen molar-refractivity contribution in [2.75, 3.05) is 11.1 Å². The first kappa shape index (κ1) is 21.0. The minimum atomic E-state index is -0.306. The first-order valence-corrected chi connectivity index (χ1v) is 10.4. The van der Waals surface area contributed by atoms with Gasteiger partial charge in [-0.05, 0) is 37.3 Å². The maximum Gasteiger partial charge on any atom is 0.234 e. The van der Waals surface area contributed by atoms with Crippen molar-refractivity contribution in [2.45, 2.75) is 24.7 Å². The number of nitrogens with zero attached hydrogens (tertiary/aromatic N) is 3. The Morgan fingerprint density at radius 3 is 2.79 bits per heavy atom. The van der Waals surface area contributed by atoms with Gasteiger partial charge >= 0.3 is 0 Å². The molecule has 2 aromatic carbocycles. The summed E-state index contributed by atoms with van der Waals surface area (Å²) in [5.74, 6) is 1.46. The fourth-order valence-corrected chi connectivity index (χ4v) is 3.60. The highest BCUT2D eigenvalue weighted by Crippen LogP contribution is 2.25. The number of nitrogens with one attached hydrogen (secondary N) is 1. The van der Waals surface area contributed by atoms with E-state index in [1.54, 1.807) is 30.3 Å². The molecule has 0 radical (unpaired) electrons. The lowest BCUT2D eigenvalue weighted by Gasteiger charge is -2.15. The van der Waals surface area contributed by atoms with Gasteiger partial charge in [0, 0.05) is 17.3 Å². The second kappa shape index (κ2) is 10.1. The normalized spacial score (nSPS) is 11.7. The first-order valence-electron chi connectivity index (χ1n) is 9.00. The monoisotopic (exact) mass is 428 g/mol. The molecule has 0 unspecified atom stereocenters. The summed E-state index contributed by atoms with van der Waals surface area (Å²) >= 11 is 7.25. The van der Waals surface area contributed by atoms with E-state index < -0.39 is 0 Å². The van der Waals surface area contributed by atoms with Gasteiger partial charge in [-0.25, -0.2) is 0 Å². The van der Waals surface area contributed by atoms with Crippen molar-refractivity contribution in [3.63, 3.8) is 0 Å². The van der Waals surface area contributed by atoms with Crippen LogP contribution in [0.5, 0.6) is 5.75 Å². The molecule has 0 spiro atoms. The maximum absolute atomic E-state index is 12.3. The van der Waals surface area contributed by atoms with Crippen molar-refractivity contribution in [3.8, 4) is 5.75 Å². The van der Waals surface area contributed by atoms with Crippen molar-refractivity contribution in [3.05, 3.63) is 78.1 Å². The second-order valence-corrected chi connectivity index (χ2v) is 7.54. The Hall–Kier alpha value is -2.77. The molecule has 0 aliphatic heterocycles. The summed E-state index contributed by atoms with van der Waals surface area (Å²) in [4.78, 5) is 12.3. The number of amides is 1. The minimum absolute atomic E-state index is 0.152. The highest BCUT2D eigenvalue weighted by Gasteiger charge is 2.19. The van der Waals surface area contributed by atoms with Crippen LogP contribution >= 0.6 is 23.4 Å². The van der Waals surface area contributed by atoms with Crippen LogP contribution in [0.2, 0.25) is 5.02 Å². The average Bonchev–Trinajstić information content (AvgIpc) is 3.10. The van der Waals surface area contributed by atoms with Gasteiger partial charge < -0.3 is 10.1 Å². The van der Waals surface area contributed by atoms with Crippen LogP contribution in [0.25, 0.3) is 0 Å². The fraction of sp³-hybridized carbons (Fsp3) is 0.190. The van der Waals surface area contributed by atoms with Crippen LogP contribution < -0.4 is 10.1 Å². The summed E-state index contributed by atoms with van der Waals surface area (Å²) in [6, 6.07) is 16.6. The number of hydrogen-bond acceptors (Lipinski definition) is 5. The van der Waals surface area contributed by atoms with E-state index in [-0.39, 0.29) is 17.8 Å². The Labute approximate surface area is 178 Å². The molecule has 1 atom stereocenters. The van der Waals surface area contributed by atoms with Crippen molar-refractivity contribution in [1.29, 1.82) is 0 Å². The quantitative estimate of drug-likeness (QED) is 0.384. The van der Waals surface area contributed by atoms with Gasteiger partial charge in [0.2, 0.25) is 5.91 Å². The smallest absolute Gasteiger partial charge is 0.234 e. The van der Waals surface area contributed by atoms with Crippen LogP contribution in [0, 0.1) is 0 Å². The number of carbonyl (C=O) groups excluding carboxylic acids is 1. The van der Waals surface area contributed by atoms with E-state index in [0.717, 1.165) is 5.75 Å². The average molecular weight is 429 g/mol. The molecule has 1 heterocycles. The van der Waals surface area contributed by atoms with Gasteiger partial charge in [0.25, 0.3) is 0 Å². The number of hydrogen-bond donors (Lipinski definition) is 1. The molecule has 0 bridgehead atoms. The van der Waals surface area contributed by atoms with E-state index in [1.807, 2.05) is 41.8 Å². The van der Waals surface area contributed by atoms with E-state index in [2.05, 4.69) is 22.1 Å². The number of ether oxygens (including phenoxy) is 1. The first-order chi connectivity index (χ1) is 14.1. The van der Waals surface area contributed by atoms with Gasteiger partial charge in [-0.15, -0.1) is 16.8 Å². The number of benzene rings is 2. The topological polar surface area (TPSA) is 69.0 Å². The van der Waals surface area contributed by atoms with E-state index in [1.165, 1.54) is 11.8 Å². The zero-order chi connectivity index (χ0) is 20.6. The third-order valence-corrected chi connectivity index (χ3v) is 5.12. The number of thioether (sulfide) groups is 1. The Balaban J connectivity index is 1.66. The van der Waals surface area contributed by atoms with Crippen LogP contribution in [0.4, 0.5) is 5.69 Å². The molecule has 0 fully saturated rings. The Bertz CT molecular complexity index is 978. The SMILES string of the molecule is C=CCn1c(SCC(=O)Nc2cccc(Cl)c2)nnc1[C@@H](C)Oc1ccccc1. The van der Waals surface area contributed by atoms with Crippen LogP contribution in [0.15, 0.2) is 72.4 Å². The summed E-state index contributed by atoms with van der Waals surface area (Å²) in [5.41, 5.74) is 0.654. The molecule has 0 aliphatic rings. The summed E-state index contributed by atoms with van der Waals surface area (Å²) in [7, 11) is 0. The van der Waals surface area contributed by atoms with E-state index in [9.17, 15) is 4.79 Å². The Morgan fingerprint density at radius 1 is 1.28 bits per heavy atom. The third kappa shape index (κ3) is 5.85. The van der Waals surface area contributed by atoms with E-state index >= 15 is 0 Å². The predicted octanol–water partition coefficient (Wildman–Crippen LogP) is 4.99. The number of para-hydroxylation sites is 1. The zero-order valence-corrected chi connectivity index (χ0v) is 17.5. The van der Waals surface area contributed by atoms with E-state index in [4.69, 9.17) is 16.3 Å². The molecule has 1 N–H and O–H groups in total. The summed E-state index contributed by atoms with van der Waals surface area (Å²) in [6.07, 6.45) is 1.46. The predicted molar refractivity (Wildman–Crippen MR) is 117 cm³/mol. The zero-order valence-electron chi connectivity index (χ0n) is 15.9. The number of rotatable bonds is 9. The molecule has 8 heteroatoms. The van der Waals surface area contributed by atoms with E-state index in [0.29, 0.717) is 28.2 Å². The molecule has 0 aliphatic carbocycles. The molecule has 0 saturated carbocycles. The molecule has 6 nitrogen and oxygen atoms in total. The van der Waals surface area contributed by atoms with Crippen molar-refractivity contribution in [1.82, 2.24) is 14.8 Å². The molecule has 150 valence electrons. The molecule has 3 aromatic rings. The highest BCUT2D eigenvalue weighted by atomic mass is 35.5. The number of carbonyl (C=O) groups is 1. The van der Waals surface area contributed by atoms with Crippen LogP contribution in [0.3, 0.4) is 0 Å². The highest BCUT2D eigenvalue weighted by molar-refractivity contribution is 7.99. The Morgan fingerprint density at radius 2 is 2.07 bits per heavy atom. The largest absolute Gasteiger partial charge is 0.483 e. The van der Waals surface area contributed by atoms with Crippen LogP contribution in [-0.4, -0.2) is 26.4 Å². The summed E-state index contributed by atoms with van der Waals surface area (Å²) < 4.78 is 7.86. The summed E-state index contributed by atoms with van der Waals surface area (Å²) in [6.45, 7) is 6.23. The standard InChI is InChI=1S/C21H21ClN4O2S/c1-3-12-26-20(15(2)28-18-10-5-4-6-11-18)24-25-21(26)29-14-19(27)23-17-9-7-8-16(22)13-17/h3-11,13,15H,1,12,14H2,2H3,(H,23,27)/t15-/m1/s1. The molecule has 29 heavy (non-hydrogen) atoms. The fourth-order valence-electron chi connectivity index (χ4n) is 2.66. The molecule has 1 aromatic heterocycles. The minimum Gasteiger partial charge on any atom is -0.483 e. The summed E-state index contributed by atoms with van der Waals surface area (Å²) in [5, 5.41) is 12.5. The van der Waals surface area contributed by atoms with Gasteiger partial charge in [-0.1, -0.05) is 53.7 Å². The lowest BCUT2D eigenvalue weighted by Crippen LogP contribution is -2.15. The third-order valence-electron chi connectivity index (χ3n) is 3.92.